The first-order chi connectivity index (χ1) is 17.0. The Morgan fingerprint density at radius 1 is 1.14 bits per heavy atom. The van der Waals surface area contributed by atoms with Crippen LogP contribution in [0.1, 0.15) is 46.5 Å². The fourth-order valence-electron chi connectivity index (χ4n) is 3.83. The number of carbonyl (C=O) groups is 4. The zero-order chi connectivity index (χ0) is 24.5. The van der Waals surface area contributed by atoms with Gasteiger partial charge in [0.15, 0.2) is 15.8 Å². The fourth-order valence-corrected chi connectivity index (χ4v) is 4.82. The van der Waals surface area contributed by atoms with Gasteiger partial charge in [0.05, 0.1) is 44.3 Å². The van der Waals surface area contributed by atoms with Crippen LogP contribution in [0.2, 0.25) is 0 Å². The minimum absolute atomic E-state index is 0.00743. The van der Waals surface area contributed by atoms with E-state index in [1.54, 1.807) is 12.1 Å². The number of nitrogens with one attached hydrogen (secondary N) is 1. The summed E-state index contributed by atoms with van der Waals surface area (Å²) >= 11 is 1.11. The van der Waals surface area contributed by atoms with Gasteiger partial charge in [-0.25, -0.2) is 9.78 Å². The second kappa shape index (κ2) is 9.31. The number of nitrogens with zero attached hydrogens (tertiary/aromatic N) is 3. The highest BCUT2D eigenvalue weighted by Gasteiger charge is 2.36. The van der Waals surface area contributed by atoms with Crippen LogP contribution in [0.25, 0.3) is 0 Å². The molecule has 1 aromatic carbocycles. The number of imide groups is 1. The molecule has 0 bridgehead atoms. The first kappa shape index (κ1) is 22.7. The Bertz CT molecular complexity index is 1310. The minimum atomic E-state index is -0.624. The van der Waals surface area contributed by atoms with Gasteiger partial charge in [-0.3, -0.25) is 19.3 Å². The van der Waals surface area contributed by atoms with Gasteiger partial charge in [-0.05, 0) is 30.3 Å². The number of fused-ring (bicyclic) bond motifs is 1. The van der Waals surface area contributed by atoms with Gasteiger partial charge < -0.3 is 24.1 Å². The molecule has 11 nitrogen and oxygen atoms in total. The number of methoxy groups -OCH3 is 1. The summed E-state index contributed by atoms with van der Waals surface area (Å²) in [5.74, 6) is -1.66. The van der Waals surface area contributed by atoms with E-state index < -0.39 is 23.7 Å². The quantitative estimate of drug-likeness (QED) is 0.404. The van der Waals surface area contributed by atoms with E-state index >= 15 is 0 Å². The molecule has 3 amide bonds. The van der Waals surface area contributed by atoms with E-state index in [2.05, 4.69) is 10.3 Å². The zero-order valence-electron chi connectivity index (χ0n) is 18.6. The molecule has 0 spiro atoms. The van der Waals surface area contributed by atoms with E-state index in [4.69, 9.17) is 13.9 Å². The van der Waals surface area contributed by atoms with Crippen molar-refractivity contribution in [3.05, 3.63) is 63.9 Å². The summed E-state index contributed by atoms with van der Waals surface area (Å²) in [4.78, 5) is 58.5. The highest BCUT2D eigenvalue weighted by molar-refractivity contribution is 7.18. The van der Waals surface area contributed by atoms with Crippen molar-refractivity contribution in [2.45, 2.75) is 6.54 Å². The topological polar surface area (TPSA) is 131 Å². The smallest absolute Gasteiger partial charge is 0.352 e. The number of carbonyl (C=O) groups excluding carboxylic acids is 4. The monoisotopic (exact) mass is 496 g/mol. The molecule has 2 aromatic heterocycles. The average Bonchev–Trinajstić information content (AvgIpc) is 3.60. The molecule has 0 atom stereocenters. The van der Waals surface area contributed by atoms with Crippen molar-refractivity contribution >= 4 is 46.0 Å². The van der Waals surface area contributed by atoms with Crippen molar-refractivity contribution in [1.82, 2.24) is 9.88 Å². The van der Waals surface area contributed by atoms with Gasteiger partial charge >= 0.3 is 5.97 Å². The van der Waals surface area contributed by atoms with Gasteiger partial charge in [-0.1, -0.05) is 11.3 Å². The maximum absolute atomic E-state index is 13.0. The van der Waals surface area contributed by atoms with Crippen LogP contribution in [0.15, 0.2) is 41.0 Å². The van der Waals surface area contributed by atoms with Crippen LogP contribution in [0.3, 0.4) is 0 Å². The molecule has 4 heterocycles. The summed E-state index contributed by atoms with van der Waals surface area (Å²) < 4.78 is 15.4. The highest BCUT2D eigenvalue weighted by Crippen LogP contribution is 2.32. The lowest BCUT2D eigenvalue weighted by Crippen LogP contribution is -2.36. The largest absolute Gasteiger partial charge is 0.467 e. The molecule has 1 fully saturated rings. The summed E-state index contributed by atoms with van der Waals surface area (Å²) in [5, 5.41) is 3.21. The van der Waals surface area contributed by atoms with Crippen LogP contribution in [-0.4, -0.2) is 67.0 Å². The van der Waals surface area contributed by atoms with Crippen LogP contribution in [0.5, 0.6) is 0 Å². The van der Waals surface area contributed by atoms with E-state index in [1.807, 2.05) is 4.90 Å². The molecule has 1 N–H and O–H groups in total. The first-order valence-electron chi connectivity index (χ1n) is 10.7. The molecular weight excluding hydrogens is 476 g/mol. The number of anilines is 2. The molecule has 0 radical (unpaired) electrons. The summed E-state index contributed by atoms with van der Waals surface area (Å²) in [6.45, 7) is 2.28. The molecule has 0 saturated carbocycles. The summed E-state index contributed by atoms with van der Waals surface area (Å²) in [5.41, 5.74) is 0.466. The van der Waals surface area contributed by atoms with E-state index in [0.717, 1.165) is 16.2 Å². The number of ether oxygens (including phenoxy) is 2. The number of esters is 1. The molecule has 2 aliphatic heterocycles. The lowest BCUT2D eigenvalue weighted by atomic mass is 10.1. The lowest BCUT2D eigenvalue weighted by Gasteiger charge is -2.25. The van der Waals surface area contributed by atoms with Crippen molar-refractivity contribution in [1.29, 1.82) is 0 Å². The second-order valence-corrected chi connectivity index (χ2v) is 8.73. The Morgan fingerprint density at radius 2 is 1.91 bits per heavy atom. The third-order valence-corrected chi connectivity index (χ3v) is 6.72. The molecule has 3 aromatic rings. The molecule has 5 rings (SSSR count). The second-order valence-electron chi connectivity index (χ2n) is 7.76. The van der Waals surface area contributed by atoms with Gasteiger partial charge in [0, 0.05) is 18.7 Å². The molecule has 180 valence electrons. The van der Waals surface area contributed by atoms with Crippen LogP contribution in [0.4, 0.5) is 10.9 Å². The Hall–Kier alpha value is -4.03. The van der Waals surface area contributed by atoms with Crippen LogP contribution in [0, 0.1) is 0 Å². The molecule has 35 heavy (non-hydrogen) atoms. The van der Waals surface area contributed by atoms with Crippen molar-refractivity contribution < 1.29 is 33.1 Å². The number of rotatable bonds is 6. The molecule has 12 heteroatoms. The third-order valence-electron chi connectivity index (χ3n) is 5.63. The number of benzene rings is 1. The number of thiazole rings is 1. The lowest BCUT2D eigenvalue weighted by molar-refractivity contribution is 0.0602. The summed E-state index contributed by atoms with van der Waals surface area (Å²) in [7, 11) is 1.25. The standard InChI is InChI=1S/C23H20N4O7S/c1-32-22(31)17-18(25-23(35-17)26-6-9-33-10-7-26)24-19(28)13-4-5-15-16(11-13)21(30)27(20(15)29)12-14-3-2-8-34-14/h2-5,8,11H,6-7,9-10,12H2,1H3,(H,24,28). The number of hydrogen-bond acceptors (Lipinski definition) is 10. The van der Waals surface area contributed by atoms with Crippen molar-refractivity contribution in [2.75, 3.05) is 43.6 Å². The SMILES string of the molecule is COC(=O)c1sc(N2CCOCC2)nc1NC(=O)c1ccc2c(c1)C(=O)N(Cc1ccco1)C2=O. The molecule has 0 aliphatic carbocycles. The number of hydrogen-bond donors (Lipinski definition) is 1. The van der Waals surface area contributed by atoms with Gasteiger partial charge in [0.25, 0.3) is 17.7 Å². The van der Waals surface area contributed by atoms with Gasteiger partial charge in [0.2, 0.25) is 0 Å². The van der Waals surface area contributed by atoms with Crippen LogP contribution < -0.4 is 10.2 Å². The van der Waals surface area contributed by atoms with E-state index in [0.29, 0.717) is 37.2 Å². The first-order valence-corrected chi connectivity index (χ1v) is 11.5. The number of furan rings is 1. The number of amides is 3. The van der Waals surface area contributed by atoms with Gasteiger partial charge in [-0.2, -0.15) is 0 Å². The van der Waals surface area contributed by atoms with Gasteiger partial charge in [-0.15, -0.1) is 0 Å². The fraction of sp³-hybridized carbons (Fsp3) is 0.261. The number of morpholine rings is 1. The van der Waals surface area contributed by atoms with E-state index in [1.165, 1.54) is 31.6 Å². The zero-order valence-corrected chi connectivity index (χ0v) is 19.4. The summed E-state index contributed by atoms with van der Waals surface area (Å²) in [6.07, 6.45) is 1.46. The van der Waals surface area contributed by atoms with Gasteiger partial charge in [0.1, 0.15) is 5.76 Å². The predicted molar refractivity (Wildman–Crippen MR) is 124 cm³/mol. The van der Waals surface area contributed by atoms with Crippen molar-refractivity contribution in [3.8, 4) is 0 Å². The molecule has 2 aliphatic rings. The Kier molecular flexibility index (Phi) is 6.05. The highest BCUT2D eigenvalue weighted by atomic mass is 32.1. The average molecular weight is 497 g/mol. The number of aromatic nitrogens is 1. The van der Waals surface area contributed by atoms with E-state index in [-0.39, 0.29) is 33.9 Å². The van der Waals surface area contributed by atoms with Crippen LogP contribution in [-0.2, 0) is 16.0 Å². The Balaban J connectivity index is 1.38. The third kappa shape index (κ3) is 4.29. The van der Waals surface area contributed by atoms with E-state index in [9.17, 15) is 19.2 Å². The maximum atomic E-state index is 13.0. The van der Waals surface area contributed by atoms with Crippen molar-refractivity contribution in [2.24, 2.45) is 0 Å². The Morgan fingerprint density at radius 3 is 2.63 bits per heavy atom. The van der Waals surface area contributed by atoms with Crippen LogP contribution >= 0.6 is 11.3 Å². The molecule has 1 saturated heterocycles. The predicted octanol–water partition coefficient (Wildman–Crippen LogP) is 2.41. The Labute approximate surface area is 203 Å². The molecule has 0 unspecified atom stereocenters. The van der Waals surface area contributed by atoms with Crippen molar-refractivity contribution in [3.63, 3.8) is 0 Å². The summed E-state index contributed by atoms with van der Waals surface area (Å²) in [6, 6.07) is 7.58. The normalized spacial score (nSPS) is 15.3. The minimum Gasteiger partial charge on any atom is -0.467 e. The maximum Gasteiger partial charge on any atom is 0.352 e. The molecular formula is C23H20N4O7S.